The quantitative estimate of drug-likeness (QED) is 0.621. The van der Waals surface area contributed by atoms with Crippen LogP contribution in [0.2, 0.25) is 0 Å². The highest BCUT2D eigenvalue weighted by atomic mass is 16.6. The van der Waals surface area contributed by atoms with Crippen LogP contribution in [0.25, 0.3) is 0 Å². The molecule has 2 aliphatic rings. The van der Waals surface area contributed by atoms with Crippen LogP contribution in [0, 0.1) is 5.92 Å². The Morgan fingerprint density at radius 3 is 2.85 bits per heavy atom. The zero-order valence-corrected chi connectivity index (χ0v) is 7.60. The van der Waals surface area contributed by atoms with Crippen molar-refractivity contribution in [3.8, 4) is 0 Å². The molecule has 0 amide bonds. The maximum atomic E-state index is 10.8. The molecule has 4 heteroatoms. The molecular weight excluding hydrogens is 172 g/mol. The Morgan fingerprint density at radius 2 is 2.23 bits per heavy atom. The molecule has 0 radical (unpaired) electrons. The van der Waals surface area contributed by atoms with Crippen LogP contribution >= 0.6 is 0 Å². The molecule has 0 aliphatic carbocycles. The predicted molar refractivity (Wildman–Crippen MR) is 44.0 cm³/mol. The molecule has 74 valence electrons. The lowest BCUT2D eigenvalue weighted by Crippen LogP contribution is -2.37. The van der Waals surface area contributed by atoms with E-state index >= 15 is 0 Å². The first-order valence-electron chi connectivity index (χ1n) is 4.66. The van der Waals surface area contributed by atoms with Gasteiger partial charge in [0.1, 0.15) is 6.10 Å². The zero-order chi connectivity index (χ0) is 9.42. The summed E-state index contributed by atoms with van der Waals surface area (Å²) < 4.78 is 10.7. The van der Waals surface area contributed by atoms with Crippen molar-refractivity contribution < 1.29 is 19.4 Å². The summed E-state index contributed by atoms with van der Waals surface area (Å²) in [5, 5.41) is 9.10. The topological polar surface area (TPSA) is 55.8 Å². The minimum atomic E-state index is -0.292. The van der Waals surface area contributed by atoms with E-state index in [-0.39, 0.29) is 36.8 Å². The van der Waals surface area contributed by atoms with Crippen LogP contribution in [0.4, 0.5) is 0 Å². The van der Waals surface area contributed by atoms with E-state index in [9.17, 15) is 4.79 Å². The predicted octanol–water partition coefficient (Wildman–Crippen LogP) is 0.0878. The van der Waals surface area contributed by atoms with Gasteiger partial charge in [-0.15, -0.1) is 0 Å². The van der Waals surface area contributed by atoms with Crippen molar-refractivity contribution in [2.75, 3.05) is 6.61 Å². The van der Waals surface area contributed by atoms with Crippen molar-refractivity contribution in [1.29, 1.82) is 0 Å². The molecule has 2 rings (SSSR count). The highest BCUT2D eigenvalue weighted by Crippen LogP contribution is 2.40. The van der Waals surface area contributed by atoms with Crippen molar-refractivity contribution in [3.63, 3.8) is 0 Å². The van der Waals surface area contributed by atoms with Crippen molar-refractivity contribution in [2.24, 2.45) is 5.92 Å². The Morgan fingerprint density at radius 1 is 1.54 bits per heavy atom. The number of hydrogen-bond donors (Lipinski definition) is 1. The van der Waals surface area contributed by atoms with Gasteiger partial charge < -0.3 is 14.6 Å². The molecule has 0 aromatic carbocycles. The molecule has 2 saturated heterocycles. The first-order valence-corrected chi connectivity index (χ1v) is 4.66. The van der Waals surface area contributed by atoms with Gasteiger partial charge in [-0.2, -0.15) is 0 Å². The number of aliphatic hydroxyl groups excluding tert-OH is 1. The van der Waals surface area contributed by atoms with E-state index in [1.807, 2.05) is 0 Å². The summed E-state index contributed by atoms with van der Waals surface area (Å²) in [7, 11) is 0. The Kier molecular flexibility index (Phi) is 2.26. The molecule has 0 aromatic rings. The summed E-state index contributed by atoms with van der Waals surface area (Å²) in [4.78, 5) is 10.8. The number of hydrogen-bond acceptors (Lipinski definition) is 4. The minimum absolute atomic E-state index is 0.0114. The summed E-state index contributed by atoms with van der Waals surface area (Å²) in [6.07, 6.45) is 1.82. The summed E-state index contributed by atoms with van der Waals surface area (Å²) >= 11 is 0. The number of aliphatic hydroxyl groups is 1. The van der Waals surface area contributed by atoms with Crippen LogP contribution < -0.4 is 0 Å². The molecule has 2 heterocycles. The lowest BCUT2D eigenvalue weighted by molar-refractivity contribution is -0.151. The second-order valence-corrected chi connectivity index (χ2v) is 3.71. The molecule has 13 heavy (non-hydrogen) atoms. The van der Waals surface area contributed by atoms with Crippen LogP contribution in [0.1, 0.15) is 19.8 Å². The van der Waals surface area contributed by atoms with Crippen molar-refractivity contribution in [2.45, 2.75) is 38.1 Å². The largest absolute Gasteiger partial charge is 0.459 e. The van der Waals surface area contributed by atoms with Gasteiger partial charge in [0.15, 0.2) is 0 Å². The third kappa shape index (κ3) is 1.44. The molecule has 2 bridgehead atoms. The van der Waals surface area contributed by atoms with Crippen molar-refractivity contribution in [1.82, 2.24) is 0 Å². The average Bonchev–Trinajstić information content (AvgIpc) is 2.62. The number of carbonyl (C=O) groups is 1. The molecule has 1 N–H and O–H groups in total. The molecular formula is C9H14O4. The Labute approximate surface area is 76.8 Å². The zero-order valence-electron chi connectivity index (χ0n) is 7.60. The van der Waals surface area contributed by atoms with Gasteiger partial charge in [-0.1, -0.05) is 0 Å². The first-order chi connectivity index (χ1) is 6.22. The van der Waals surface area contributed by atoms with E-state index in [1.165, 1.54) is 6.92 Å². The van der Waals surface area contributed by atoms with Gasteiger partial charge >= 0.3 is 5.97 Å². The van der Waals surface area contributed by atoms with Crippen LogP contribution in [0.15, 0.2) is 0 Å². The van der Waals surface area contributed by atoms with Crippen LogP contribution in [0.3, 0.4) is 0 Å². The van der Waals surface area contributed by atoms with Crippen molar-refractivity contribution in [3.05, 3.63) is 0 Å². The minimum Gasteiger partial charge on any atom is -0.459 e. The average molecular weight is 186 g/mol. The maximum Gasteiger partial charge on any atom is 0.303 e. The molecule has 2 fully saturated rings. The number of ether oxygens (including phenoxy) is 2. The monoisotopic (exact) mass is 186 g/mol. The Balaban J connectivity index is 2.04. The van der Waals surface area contributed by atoms with Crippen molar-refractivity contribution >= 4 is 5.97 Å². The second kappa shape index (κ2) is 3.27. The lowest BCUT2D eigenvalue weighted by atomic mass is 9.87. The second-order valence-electron chi connectivity index (χ2n) is 3.71. The third-order valence-corrected chi connectivity index (χ3v) is 2.86. The van der Waals surface area contributed by atoms with Crippen LogP contribution in [-0.2, 0) is 14.3 Å². The van der Waals surface area contributed by atoms with E-state index in [0.717, 1.165) is 12.8 Å². The molecule has 0 unspecified atom stereocenters. The summed E-state index contributed by atoms with van der Waals surface area (Å²) in [5.74, 6) is -0.303. The molecule has 4 nitrogen and oxygen atoms in total. The van der Waals surface area contributed by atoms with E-state index in [4.69, 9.17) is 14.6 Å². The molecule has 0 spiro atoms. The van der Waals surface area contributed by atoms with Crippen LogP contribution in [0.5, 0.6) is 0 Å². The summed E-state index contributed by atoms with van der Waals surface area (Å²) in [6, 6.07) is 0. The van der Waals surface area contributed by atoms with E-state index in [1.54, 1.807) is 0 Å². The number of esters is 1. The van der Waals surface area contributed by atoms with E-state index in [2.05, 4.69) is 0 Å². The third-order valence-electron chi connectivity index (χ3n) is 2.86. The number of rotatable bonds is 2. The molecule has 0 aromatic heterocycles. The normalized spacial score (nSPS) is 42.3. The standard InChI is InChI=1S/C9H14O4/c1-5(11)12-9-6(4-10)7-2-3-8(9)13-7/h6-10H,2-4H2,1H3/t6-,7+,8-,9+/m0/s1. The number of fused-ring (bicyclic) bond motifs is 2. The fourth-order valence-electron chi connectivity index (χ4n) is 2.31. The highest BCUT2D eigenvalue weighted by molar-refractivity contribution is 5.66. The smallest absolute Gasteiger partial charge is 0.303 e. The Bertz CT molecular complexity index is 216. The highest BCUT2D eigenvalue weighted by Gasteiger charge is 2.50. The summed E-state index contributed by atoms with van der Waals surface area (Å²) in [5.41, 5.74) is 0. The van der Waals surface area contributed by atoms with E-state index in [0.29, 0.717) is 0 Å². The van der Waals surface area contributed by atoms with Gasteiger partial charge in [0.2, 0.25) is 0 Å². The fraction of sp³-hybridized carbons (Fsp3) is 0.889. The van der Waals surface area contributed by atoms with Gasteiger partial charge in [-0.3, -0.25) is 4.79 Å². The number of carbonyl (C=O) groups excluding carboxylic acids is 1. The SMILES string of the molecule is CC(=O)O[C@@H]1[C@@H](CO)[C@H]2CC[C@@H]1O2. The van der Waals surface area contributed by atoms with Crippen LogP contribution in [-0.4, -0.2) is 36.0 Å². The van der Waals surface area contributed by atoms with Gasteiger partial charge in [0.05, 0.1) is 18.8 Å². The molecule has 4 atom stereocenters. The first kappa shape index (κ1) is 8.97. The Hall–Kier alpha value is -0.610. The van der Waals surface area contributed by atoms with Gasteiger partial charge in [0, 0.05) is 12.8 Å². The van der Waals surface area contributed by atoms with E-state index < -0.39 is 0 Å². The summed E-state index contributed by atoms with van der Waals surface area (Å²) in [6.45, 7) is 1.43. The van der Waals surface area contributed by atoms with Gasteiger partial charge in [-0.25, -0.2) is 0 Å². The maximum absolute atomic E-state index is 10.8. The molecule has 2 aliphatic heterocycles. The lowest BCUT2D eigenvalue weighted by Gasteiger charge is -2.25. The van der Waals surface area contributed by atoms with Gasteiger partial charge in [0.25, 0.3) is 0 Å². The molecule has 0 saturated carbocycles. The van der Waals surface area contributed by atoms with Gasteiger partial charge in [-0.05, 0) is 12.8 Å². The fourth-order valence-corrected chi connectivity index (χ4v) is 2.31.